The van der Waals surface area contributed by atoms with Gasteiger partial charge in [-0.25, -0.2) is 4.39 Å². The zero-order valence-corrected chi connectivity index (χ0v) is 15.1. The van der Waals surface area contributed by atoms with Crippen molar-refractivity contribution in [1.29, 1.82) is 0 Å². The average Bonchev–Trinajstić information content (AvgIpc) is 2.44. The second-order valence-corrected chi connectivity index (χ2v) is 6.38. The van der Waals surface area contributed by atoms with Gasteiger partial charge in [-0.15, -0.1) is 12.4 Å². The molecule has 1 unspecified atom stereocenters. The summed E-state index contributed by atoms with van der Waals surface area (Å²) in [5, 5.41) is 3.00. The summed E-state index contributed by atoms with van der Waals surface area (Å²) in [6.45, 7) is 6.55. The highest BCUT2D eigenvalue weighted by Crippen LogP contribution is 2.19. The minimum absolute atomic E-state index is 0. The van der Waals surface area contributed by atoms with Crippen molar-refractivity contribution in [1.82, 2.24) is 5.32 Å². The number of carbonyl (C=O) groups is 1. The fourth-order valence-electron chi connectivity index (χ4n) is 2.61. The number of hydrogen-bond donors (Lipinski definition) is 2. The van der Waals surface area contributed by atoms with Crippen LogP contribution in [0, 0.1) is 11.7 Å². The van der Waals surface area contributed by atoms with Crippen LogP contribution in [0.25, 0.3) is 0 Å². The predicted molar refractivity (Wildman–Crippen MR) is 93.6 cm³/mol. The Bertz CT molecular complexity index is 511. The Morgan fingerprint density at radius 3 is 2.57 bits per heavy atom. The van der Waals surface area contributed by atoms with Crippen LogP contribution in [-0.2, 0) is 11.2 Å². The third-order valence-corrected chi connectivity index (χ3v) is 3.61. The molecule has 23 heavy (non-hydrogen) atoms. The number of halogens is 2. The molecule has 0 aliphatic rings. The van der Waals surface area contributed by atoms with Gasteiger partial charge < -0.3 is 15.8 Å². The third-order valence-electron chi connectivity index (χ3n) is 3.61. The normalized spacial score (nSPS) is 13.2. The fraction of sp³-hybridized carbons (Fsp3) is 0.588. The van der Waals surface area contributed by atoms with Crippen molar-refractivity contribution in [3.05, 3.63) is 29.6 Å². The van der Waals surface area contributed by atoms with Gasteiger partial charge in [-0.2, -0.15) is 0 Å². The molecule has 1 aromatic carbocycles. The molecule has 0 fully saturated rings. The molecule has 132 valence electrons. The second-order valence-electron chi connectivity index (χ2n) is 6.38. The summed E-state index contributed by atoms with van der Waals surface area (Å²) in [7, 11) is 1.42. The van der Waals surface area contributed by atoms with E-state index in [2.05, 4.69) is 19.2 Å². The molecule has 0 spiro atoms. The maximum Gasteiger partial charge on any atom is 0.220 e. The van der Waals surface area contributed by atoms with E-state index in [1.165, 1.54) is 13.2 Å². The van der Waals surface area contributed by atoms with E-state index in [-0.39, 0.29) is 24.1 Å². The quantitative estimate of drug-likeness (QED) is 0.760. The lowest BCUT2D eigenvalue weighted by molar-refractivity contribution is -0.122. The Labute approximate surface area is 144 Å². The number of ether oxygens (including phenoxy) is 1. The summed E-state index contributed by atoms with van der Waals surface area (Å²) in [6.07, 6.45) is 1.61. The Morgan fingerprint density at radius 2 is 2.09 bits per heavy atom. The SMILES string of the molecule is COc1ccc(CCC(=O)NC(C)(CN)CC(C)C)cc1F.Cl. The maximum atomic E-state index is 13.6. The summed E-state index contributed by atoms with van der Waals surface area (Å²) in [5.41, 5.74) is 6.16. The van der Waals surface area contributed by atoms with Crippen LogP contribution >= 0.6 is 12.4 Å². The number of hydrogen-bond acceptors (Lipinski definition) is 3. The Balaban J connectivity index is 0.00000484. The number of carbonyl (C=O) groups excluding carboxylic acids is 1. The Hall–Kier alpha value is -1.33. The molecule has 0 saturated heterocycles. The van der Waals surface area contributed by atoms with E-state index >= 15 is 0 Å². The van der Waals surface area contributed by atoms with Crippen molar-refractivity contribution in [2.24, 2.45) is 11.7 Å². The summed E-state index contributed by atoms with van der Waals surface area (Å²) in [4.78, 5) is 12.1. The maximum absolute atomic E-state index is 13.6. The molecule has 1 amide bonds. The van der Waals surface area contributed by atoms with Crippen molar-refractivity contribution >= 4 is 18.3 Å². The molecule has 3 N–H and O–H groups in total. The largest absolute Gasteiger partial charge is 0.494 e. The predicted octanol–water partition coefficient (Wildman–Crippen LogP) is 3.07. The van der Waals surface area contributed by atoms with Gasteiger partial charge in [0.2, 0.25) is 5.91 Å². The van der Waals surface area contributed by atoms with Crippen LogP contribution in [0.5, 0.6) is 5.75 Å². The highest BCUT2D eigenvalue weighted by Gasteiger charge is 2.25. The molecule has 0 heterocycles. The first-order valence-electron chi connectivity index (χ1n) is 7.63. The van der Waals surface area contributed by atoms with Gasteiger partial charge in [-0.3, -0.25) is 4.79 Å². The number of nitrogens with two attached hydrogens (primary N) is 1. The molecule has 0 aromatic heterocycles. The van der Waals surface area contributed by atoms with Gasteiger partial charge in [0, 0.05) is 18.5 Å². The van der Waals surface area contributed by atoms with E-state index in [1.54, 1.807) is 12.1 Å². The van der Waals surface area contributed by atoms with Crippen molar-refractivity contribution in [3.8, 4) is 5.75 Å². The standard InChI is InChI=1S/C17H27FN2O2.ClH/c1-12(2)10-17(3,11-19)20-16(21)8-6-13-5-7-15(22-4)14(18)9-13;/h5,7,9,12H,6,8,10-11,19H2,1-4H3,(H,20,21);1H. The average molecular weight is 347 g/mol. The monoisotopic (exact) mass is 346 g/mol. The van der Waals surface area contributed by atoms with Crippen molar-refractivity contribution in [2.45, 2.75) is 45.6 Å². The summed E-state index contributed by atoms with van der Waals surface area (Å²) >= 11 is 0. The van der Waals surface area contributed by atoms with Crippen LogP contribution in [0.4, 0.5) is 4.39 Å². The van der Waals surface area contributed by atoms with E-state index in [0.29, 0.717) is 25.3 Å². The highest BCUT2D eigenvalue weighted by atomic mass is 35.5. The summed E-state index contributed by atoms with van der Waals surface area (Å²) < 4.78 is 18.5. The Kier molecular flexibility index (Phi) is 9.17. The number of amides is 1. The molecular weight excluding hydrogens is 319 g/mol. The number of rotatable bonds is 8. The van der Waals surface area contributed by atoms with Crippen molar-refractivity contribution in [2.75, 3.05) is 13.7 Å². The molecule has 0 bridgehead atoms. The molecule has 1 rings (SSSR count). The van der Waals surface area contributed by atoms with Crippen LogP contribution < -0.4 is 15.8 Å². The van der Waals surface area contributed by atoms with Gasteiger partial charge in [0.15, 0.2) is 11.6 Å². The van der Waals surface area contributed by atoms with Gasteiger partial charge in [-0.1, -0.05) is 19.9 Å². The number of aryl methyl sites for hydroxylation is 1. The van der Waals surface area contributed by atoms with E-state index in [0.717, 1.165) is 12.0 Å². The van der Waals surface area contributed by atoms with Crippen LogP contribution in [-0.4, -0.2) is 25.1 Å². The first-order valence-corrected chi connectivity index (χ1v) is 7.63. The number of nitrogens with one attached hydrogen (secondary N) is 1. The fourth-order valence-corrected chi connectivity index (χ4v) is 2.61. The van der Waals surface area contributed by atoms with Crippen LogP contribution in [0.15, 0.2) is 18.2 Å². The first kappa shape index (κ1) is 21.7. The van der Waals surface area contributed by atoms with Crippen LogP contribution in [0.2, 0.25) is 0 Å². The topological polar surface area (TPSA) is 64.3 Å². The Morgan fingerprint density at radius 1 is 1.43 bits per heavy atom. The molecule has 0 aliphatic carbocycles. The molecule has 1 aromatic rings. The number of methoxy groups -OCH3 is 1. The van der Waals surface area contributed by atoms with Crippen LogP contribution in [0.1, 0.15) is 39.2 Å². The lowest BCUT2D eigenvalue weighted by Gasteiger charge is -2.31. The van der Waals surface area contributed by atoms with E-state index in [4.69, 9.17) is 10.5 Å². The highest BCUT2D eigenvalue weighted by molar-refractivity contribution is 5.85. The molecule has 0 radical (unpaired) electrons. The van der Waals surface area contributed by atoms with Gasteiger partial charge in [0.05, 0.1) is 7.11 Å². The lowest BCUT2D eigenvalue weighted by atomic mass is 9.90. The molecule has 6 heteroatoms. The minimum atomic E-state index is -0.410. The minimum Gasteiger partial charge on any atom is -0.494 e. The first-order chi connectivity index (χ1) is 10.3. The molecule has 0 saturated carbocycles. The zero-order valence-electron chi connectivity index (χ0n) is 14.3. The molecular formula is C17H28ClFN2O2. The molecule has 4 nitrogen and oxygen atoms in total. The third kappa shape index (κ3) is 7.18. The summed E-state index contributed by atoms with van der Waals surface area (Å²) in [6, 6.07) is 4.75. The van der Waals surface area contributed by atoms with E-state index in [9.17, 15) is 9.18 Å². The van der Waals surface area contributed by atoms with E-state index < -0.39 is 11.4 Å². The van der Waals surface area contributed by atoms with Crippen molar-refractivity contribution in [3.63, 3.8) is 0 Å². The van der Waals surface area contributed by atoms with Gasteiger partial charge >= 0.3 is 0 Å². The van der Waals surface area contributed by atoms with Crippen LogP contribution in [0.3, 0.4) is 0 Å². The second kappa shape index (κ2) is 9.73. The van der Waals surface area contributed by atoms with E-state index in [1.807, 2.05) is 6.92 Å². The lowest BCUT2D eigenvalue weighted by Crippen LogP contribution is -2.52. The summed E-state index contributed by atoms with van der Waals surface area (Å²) in [5.74, 6) is 0.183. The number of benzene rings is 1. The smallest absolute Gasteiger partial charge is 0.220 e. The van der Waals surface area contributed by atoms with Gasteiger partial charge in [-0.05, 0) is 43.4 Å². The van der Waals surface area contributed by atoms with Crippen molar-refractivity contribution < 1.29 is 13.9 Å². The van der Waals surface area contributed by atoms with Gasteiger partial charge in [0.1, 0.15) is 0 Å². The zero-order chi connectivity index (χ0) is 16.8. The molecule has 0 aliphatic heterocycles. The van der Waals surface area contributed by atoms with Gasteiger partial charge in [0.25, 0.3) is 0 Å². The molecule has 1 atom stereocenters.